The number of nitrogens with zero attached hydrogens (tertiary/aromatic N) is 3. The highest BCUT2D eigenvalue weighted by Crippen LogP contribution is 2.48. The van der Waals surface area contributed by atoms with Crippen molar-refractivity contribution in [2.45, 2.75) is 25.7 Å². The van der Waals surface area contributed by atoms with Gasteiger partial charge in [-0.05, 0) is 49.7 Å². The number of esters is 1. The number of hydrogen-bond donors (Lipinski definition) is 1. The van der Waals surface area contributed by atoms with Crippen LogP contribution in [0.2, 0.25) is 0 Å². The fourth-order valence-corrected chi connectivity index (χ4v) is 5.23. The van der Waals surface area contributed by atoms with E-state index in [1.54, 1.807) is 12.4 Å². The van der Waals surface area contributed by atoms with E-state index in [4.69, 9.17) is 4.74 Å². The number of H-pyrrole nitrogens is 1. The van der Waals surface area contributed by atoms with E-state index >= 15 is 0 Å². The fourth-order valence-electron chi connectivity index (χ4n) is 5.23. The van der Waals surface area contributed by atoms with Crippen LogP contribution in [0, 0.1) is 35.3 Å². The standard InChI is InChI=1S/C23H22F2N4O2/c1-31-23(30)21-13-4-2-12(3-5-13)16(21)9-26-20-7-19(27-11-18(20)25)17-10-29-22-15(17)6-14(24)8-28-22/h6-13,16,21H,2-5H2,1H3,(H,28,29). The van der Waals surface area contributed by atoms with E-state index in [2.05, 4.69) is 19.9 Å². The van der Waals surface area contributed by atoms with Crippen LogP contribution < -0.4 is 0 Å². The molecule has 2 atom stereocenters. The average Bonchev–Trinajstić information content (AvgIpc) is 3.21. The highest BCUT2D eigenvalue weighted by atomic mass is 19.1. The minimum Gasteiger partial charge on any atom is -0.469 e. The van der Waals surface area contributed by atoms with Crippen molar-refractivity contribution in [1.29, 1.82) is 0 Å². The Morgan fingerprint density at radius 1 is 1.16 bits per heavy atom. The first-order valence-corrected chi connectivity index (χ1v) is 10.5. The summed E-state index contributed by atoms with van der Waals surface area (Å²) in [6.45, 7) is 0. The fraction of sp³-hybridized carbons (Fsp3) is 0.391. The molecule has 0 aliphatic heterocycles. The van der Waals surface area contributed by atoms with Crippen molar-refractivity contribution in [2.24, 2.45) is 28.7 Å². The van der Waals surface area contributed by atoms with Gasteiger partial charge in [-0.3, -0.25) is 14.8 Å². The van der Waals surface area contributed by atoms with Crippen LogP contribution in [0.3, 0.4) is 0 Å². The lowest BCUT2D eigenvalue weighted by Crippen LogP contribution is -2.45. The maximum atomic E-state index is 14.5. The van der Waals surface area contributed by atoms with Crippen molar-refractivity contribution < 1.29 is 18.3 Å². The third-order valence-electron chi connectivity index (χ3n) is 6.75. The summed E-state index contributed by atoms with van der Waals surface area (Å²) in [4.78, 5) is 28.0. The summed E-state index contributed by atoms with van der Waals surface area (Å²) in [5.74, 6) is -0.884. The summed E-state index contributed by atoms with van der Waals surface area (Å²) in [5.41, 5.74) is 1.73. The van der Waals surface area contributed by atoms with Gasteiger partial charge in [0.15, 0.2) is 5.82 Å². The molecule has 2 bridgehead atoms. The van der Waals surface area contributed by atoms with Crippen LogP contribution in [0.25, 0.3) is 22.3 Å². The zero-order chi connectivity index (χ0) is 21.5. The Bertz CT molecular complexity index is 1170. The zero-order valence-corrected chi connectivity index (χ0v) is 17.0. The molecule has 2 unspecified atom stereocenters. The monoisotopic (exact) mass is 424 g/mol. The normalized spacial score (nSPS) is 25.4. The summed E-state index contributed by atoms with van der Waals surface area (Å²) in [6.07, 6.45) is 9.76. The first kappa shape index (κ1) is 19.8. The van der Waals surface area contributed by atoms with E-state index in [1.165, 1.54) is 19.2 Å². The van der Waals surface area contributed by atoms with Crippen molar-refractivity contribution in [3.8, 4) is 11.3 Å². The molecule has 31 heavy (non-hydrogen) atoms. The molecule has 0 aromatic carbocycles. The topological polar surface area (TPSA) is 80.2 Å². The molecule has 3 heterocycles. The van der Waals surface area contributed by atoms with Crippen LogP contribution in [0.1, 0.15) is 25.7 Å². The van der Waals surface area contributed by atoms with Crippen molar-refractivity contribution in [3.63, 3.8) is 0 Å². The number of fused-ring (bicyclic) bond motifs is 4. The van der Waals surface area contributed by atoms with Gasteiger partial charge in [0.2, 0.25) is 0 Å². The Labute approximate surface area is 177 Å². The smallest absolute Gasteiger partial charge is 0.309 e. The van der Waals surface area contributed by atoms with Crippen LogP contribution in [0.5, 0.6) is 0 Å². The van der Waals surface area contributed by atoms with E-state index in [-0.39, 0.29) is 23.5 Å². The van der Waals surface area contributed by atoms with E-state index in [9.17, 15) is 13.6 Å². The number of aromatic amines is 1. The molecule has 1 N–H and O–H groups in total. The number of hydrogen-bond acceptors (Lipinski definition) is 5. The maximum Gasteiger partial charge on any atom is 0.309 e. The Morgan fingerprint density at radius 3 is 2.71 bits per heavy atom. The first-order chi connectivity index (χ1) is 15.0. The summed E-state index contributed by atoms with van der Waals surface area (Å²) < 4.78 is 33.2. The number of halogens is 2. The first-order valence-electron chi connectivity index (χ1n) is 10.5. The molecule has 3 aromatic rings. The van der Waals surface area contributed by atoms with Gasteiger partial charge in [-0.15, -0.1) is 0 Å². The molecular weight excluding hydrogens is 402 g/mol. The van der Waals surface area contributed by atoms with E-state index < -0.39 is 11.6 Å². The molecule has 160 valence electrons. The molecule has 3 saturated carbocycles. The number of methoxy groups -OCH3 is 1. The van der Waals surface area contributed by atoms with Gasteiger partial charge in [0, 0.05) is 29.3 Å². The van der Waals surface area contributed by atoms with Gasteiger partial charge in [0.05, 0.1) is 31.1 Å². The van der Waals surface area contributed by atoms with Crippen LogP contribution in [-0.4, -0.2) is 34.2 Å². The second-order valence-electron chi connectivity index (χ2n) is 8.35. The second kappa shape index (κ2) is 7.83. The number of carbonyl (C=O) groups is 1. The van der Waals surface area contributed by atoms with E-state index in [1.807, 2.05) is 0 Å². The number of pyridine rings is 2. The lowest BCUT2D eigenvalue weighted by molar-refractivity contribution is -0.153. The zero-order valence-electron chi connectivity index (χ0n) is 17.0. The Balaban J connectivity index is 1.49. The summed E-state index contributed by atoms with van der Waals surface area (Å²) in [7, 11) is 1.41. The number of aromatic nitrogens is 3. The molecule has 0 radical (unpaired) electrons. The van der Waals surface area contributed by atoms with Gasteiger partial charge in [-0.25, -0.2) is 13.8 Å². The molecule has 3 aliphatic carbocycles. The summed E-state index contributed by atoms with van der Waals surface area (Å²) in [5, 5.41) is 0.560. The molecule has 3 fully saturated rings. The minimum atomic E-state index is -0.556. The highest BCUT2D eigenvalue weighted by molar-refractivity contribution is 5.93. The predicted octanol–water partition coefficient (Wildman–Crippen LogP) is 4.83. The maximum absolute atomic E-state index is 14.5. The van der Waals surface area contributed by atoms with Gasteiger partial charge in [-0.1, -0.05) is 0 Å². The quantitative estimate of drug-likeness (QED) is 0.481. The van der Waals surface area contributed by atoms with Crippen molar-refractivity contribution in [3.05, 3.63) is 42.4 Å². The molecule has 3 aromatic heterocycles. The van der Waals surface area contributed by atoms with Gasteiger partial charge >= 0.3 is 5.97 Å². The van der Waals surface area contributed by atoms with E-state index in [0.717, 1.165) is 38.1 Å². The number of nitrogens with one attached hydrogen (secondary N) is 1. The highest BCUT2D eigenvalue weighted by Gasteiger charge is 2.46. The molecule has 8 heteroatoms. The minimum absolute atomic E-state index is 0.0673. The predicted molar refractivity (Wildman–Crippen MR) is 112 cm³/mol. The SMILES string of the molecule is COC(=O)C1C2CCC(CC2)C1C=Nc1cc(-c2c[nH]c3ncc(F)cc23)ncc1F. The molecule has 0 amide bonds. The number of carbonyl (C=O) groups excluding carboxylic acids is 1. The molecule has 0 spiro atoms. The lowest BCUT2D eigenvalue weighted by Gasteiger charge is -2.45. The van der Waals surface area contributed by atoms with Gasteiger partial charge in [-0.2, -0.15) is 0 Å². The average molecular weight is 424 g/mol. The Morgan fingerprint density at radius 2 is 1.94 bits per heavy atom. The number of ether oxygens (including phenoxy) is 1. The second-order valence-corrected chi connectivity index (χ2v) is 8.35. The van der Waals surface area contributed by atoms with Crippen LogP contribution >= 0.6 is 0 Å². The summed E-state index contributed by atoms with van der Waals surface area (Å²) in [6, 6.07) is 2.90. The number of aliphatic imine (C=N–C) groups is 1. The van der Waals surface area contributed by atoms with Gasteiger partial charge in [0.1, 0.15) is 17.2 Å². The molecule has 6 rings (SSSR count). The molecular formula is C23H22F2N4O2. The summed E-state index contributed by atoms with van der Waals surface area (Å²) >= 11 is 0. The van der Waals surface area contributed by atoms with Crippen molar-refractivity contribution in [1.82, 2.24) is 15.0 Å². The number of rotatable bonds is 4. The molecule has 0 saturated heterocycles. The largest absolute Gasteiger partial charge is 0.469 e. The lowest BCUT2D eigenvalue weighted by atomic mass is 9.59. The van der Waals surface area contributed by atoms with Gasteiger partial charge < -0.3 is 9.72 Å². The van der Waals surface area contributed by atoms with Crippen LogP contribution in [0.4, 0.5) is 14.5 Å². The Hall–Kier alpha value is -3.16. The third kappa shape index (κ3) is 3.49. The van der Waals surface area contributed by atoms with E-state index in [0.29, 0.717) is 34.1 Å². The van der Waals surface area contributed by atoms with Crippen LogP contribution in [-0.2, 0) is 9.53 Å². The Kier molecular flexibility index (Phi) is 5.00. The van der Waals surface area contributed by atoms with Crippen molar-refractivity contribution in [2.75, 3.05) is 7.11 Å². The molecule has 3 aliphatic rings. The van der Waals surface area contributed by atoms with Crippen molar-refractivity contribution >= 4 is 28.9 Å². The molecule has 6 nitrogen and oxygen atoms in total. The van der Waals surface area contributed by atoms with Gasteiger partial charge in [0.25, 0.3) is 0 Å². The third-order valence-corrected chi connectivity index (χ3v) is 6.75. The van der Waals surface area contributed by atoms with Crippen LogP contribution in [0.15, 0.2) is 35.7 Å².